The van der Waals surface area contributed by atoms with Crippen molar-refractivity contribution in [2.45, 2.75) is 57.2 Å². The molecular weight excluding hydrogens is 588 g/mol. The lowest BCUT2D eigenvalue weighted by Gasteiger charge is -2.33. The molecule has 6 rings (SSSR count). The lowest BCUT2D eigenvalue weighted by atomic mass is 9.91. The van der Waals surface area contributed by atoms with Gasteiger partial charge in [-0.15, -0.1) is 0 Å². The molecule has 2 aromatic carbocycles. The first kappa shape index (κ1) is 29.1. The van der Waals surface area contributed by atoms with Crippen LogP contribution >= 0.6 is 23.2 Å². The van der Waals surface area contributed by atoms with Crippen LogP contribution in [-0.4, -0.2) is 57.6 Å². The molecule has 1 N–H and O–H groups in total. The summed E-state index contributed by atoms with van der Waals surface area (Å²) >= 11 is 13.4. The maximum absolute atomic E-state index is 13.4. The monoisotopic (exact) mass is 618 g/mol. The Morgan fingerprint density at radius 2 is 1.67 bits per heavy atom. The number of nitrogens with one attached hydrogen (secondary N) is 1. The van der Waals surface area contributed by atoms with Crippen molar-refractivity contribution in [3.8, 4) is 11.1 Å². The van der Waals surface area contributed by atoms with Gasteiger partial charge in [0.05, 0.1) is 18.2 Å². The smallest absolute Gasteiger partial charge is 0.339 e. The van der Waals surface area contributed by atoms with Gasteiger partial charge < -0.3 is 9.80 Å². The highest BCUT2D eigenvalue weighted by molar-refractivity contribution is 6.36. The number of halogens is 5. The largest absolute Gasteiger partial charge is 0.391 e. The number of hydrogen-bond acceptors (Lipinski definition) is 3. The molecule has 3 aliphatic rings. The number of H-pyrrole nitrogens is 1. The van der Waals surface area contributed by atoms with E-state index in [2.05, 4.69) is 10.2 Å². The fourth-order valence-electron chi connectivity index (χ4n) is 6.63. The number of piperidine rings is 1. The molecule has 11 heteroatoms. The van der Waals surface area contributed by atoms with E-state index >= 15 is 0 Å². The molecule has 2 saturated heterocycles. The summed E-state index contributed by atoms with van der Waals surface area (Å²) in [6.07, 6.45) is 1.57. The number of fused-ring (bicyclic) bond motifs is 1. The van der Waals surface area contributed by atoms with Crippen molar-refractivity contribution in [3.63, 3.8) is 0 Å². The van der Waals surface area contributed by atoms with Crippen molar-refractivity contribution in [2.75, 3.05) is 19.6 Å². The molecular formula is C31H31Cl2F3N4O2. The second-order valence-corrected chi connectivity index (χ2v) is 12.4. The molecule has 1 aromatic heterocycles. The number of aromatic nitrogens is 2. The number of nitrogens with zero attached hydrogens (tertiary/aromatic N) is 3. The van der Waals surface area contributed by atoms with Crippen molar-refractivity contribution in [3.05, 3.63) is 75.0 Å². The molecule has 42 heavy (non-hydrogen) atoms. The average molecular weight is 620 g/mol. The van der Waals surface area contributed by atoms with E-state index in [0.717, 1.165) is 53.6 Å². The predicted molar refractivity (Wildman–Crippen MR) is 154 cm³/mol. The number of aryl methyl sites for hydroxylation is 1. The highest BCUT2D eigenvalue weighted by Crippen LogP contribution is 2.40. The first-order valence-electron chi connectivity index (χ1n) is 14.4. The molecule has 2 fully saturated rings. The highest BCUT2D eigenvalue weighted by Gasteiger charge is 2.42. The van der Waals surface area contributed by atoms with E-state index in [1.54, 1.807) is 24.3 Å². The van der Waals surface area contributed by atoms with Crippen LogP contribution in [0.4, 0.5) is 13.2 Å². The SMILES string of the molecule is O=C(c1ccc(-c2cc(Cl)c(CC3CCN([C@@H]4CCCc5[nH]ncc54)C3=O)c(Cl)c2)cc1)N1CCC(C(F)(F)F)CC1. The fourth-order valence-corrected chi connectivity index (χ4v) is 7.27. The van der Waals surface area contributed by atoms with Crippen molar-refractivity contribution in [2.24, 2.45) is 11.8 Å². The average Bonchev–Trinajstić information content (AvgIpc) is 3.60. The Morgan fingerprint density at radius 3 is 2.33 bits per heavy atom. The van der Waals surface area contributed by atoms with Gasteiger partial charge in [0.15, 0.2) is 0 Å². The zero-order valence-corrected chi connectivity index (χ0v) is 24.4. The predicted octanol–water partition coefficient (Wildman–Crippen LogP) is 7.27. The molecule has 3 heterocycles. The standard InChI is InChI=1S/C31H31Cl2F3N4O2/c32-25-15-21(18-4-6-19(7-5-18)29(41)39-11-9-22(10-12-39)31(34,35)36)16-26(33)23(25)14-20-8-13-40(30(20)42)28-3-1-2-27-24(28)17-37-38-27/h4-7,15-17,20,22,28H,1-3,8-14H2,(H,37,38)/t20?,28-/m1/s1. The van der Waals surface area contributed by atoms with E-state index in [1.807, 2.05) is 23.2 Å². The van der Waals surface area contributed by atoms with Crippen LogP contribution in [0, 0.1) is 11.8 Å². The highest BCUT2D eigenvalue weighted by atomic mass is 35.5. The number of likely N-dealkylation sites (tertiary alicyclic amines) is 2. The summed E-state index contributed by atoms with van der Waals surface area (Å²) in [6, 6.07) is 10.6. The molecule has 0 bridgehead atoms. The van der Waals surface area contributed by atoms with Gasteiger partial charge in [-0.2, -0.15) is 18.3 Å². The zero-order valence-electron chi connectivity index (χ0n) is 22.9. The van der Waals surface area contributed by atoms with Crippen molar-refractivity contribution in [1.82, 2.24) is 20.0 Å². The molecule has 0 radical (unpaired) electrons. The Kier molecular flexibility index (Phi) is 8.00. The number of carbonyl (C=O) groups is 2. The normalized spacial score (nSPS) is 21.6. The van der Waals surface area contributed by atoms with Gasteiger partial charge in [-0.25, -0.2) is 0 Å². The molecule has 2 amide bonds. The van der Waals surface area contributed by atoms with Crippen molar-refractivity contribution in [1.29, 1.82) is 0 Å². The summed E-state index contributed by atoms with van der Waals surface area (Å²) < 4.78 is 38.9. The number of amides is 2. The summed E-state index contributed by atoms with van der Waals surface area (Å²) in [7, 11) is 0. The second kappa shape index (κ2) is 11.6. The third-order valence-corrected chi connectivity index (χ3v) is 9.72. The minimum atomic E-state index is -4.22. The number of rotatable bonds is 5. The molecule has 2 aliphatic heterocycles. The molecule has 222 valence electrons. The van der Waals surface area contributed by atoms with Crippen LogP contribution in [0.5, 0.6) is 0 Å². The first-order chi connectivity index (χ1) is 20.1. The Labute approximate surface area is 252 Å². The Balaban J connectivity index is 1.11. The lowest BCUT2D eigenvalue weighted by Crippen LogP contribution is -2.42. The molecule has 2 atom stereocenters. The summed E-state index contributed by atoms with van der Waals surface area (Å²) in [5.41, 5.74) is 4.97. The molecule has 6 nitrogen and oxygen atoms in total. The molecule has 1 aliphatic carbocycles. The van der Waals surface area contributed by atoms with Crippen LogP contribution in [0.15, 0.2) is 42.6 Å². The van der Waals surface area contributed by atoms with Gasteiger partial charge in [0, 0.05) is 52.4 Å². The number of aromatic amines is 1. The second-order valence-electron chi connectivity index (χ2n) is 11.5. The van der Waals surface area contributed by atoms with Crippen LogP contribution < -0.4 is 0 Å². The van der Waals surface area contributed by atoms with E-state index < -0.39 is 12.1 Å². The maximum atomic E-state index is 13.4. The quantitative estimate of drug-likeness (QED) is 0.327. The van der Waals surface area contributed by atoms with E-state index in [1.165, 1.54) is 4.90 Å². The van der Waals surface area contributed by atoms with Crippen molar-refractivity contribution >= 4 is 35.0 Å². The molecule has 1 unspecified atom stereocenters. The number of alkyl halides is 3. The summed E-state index contributed by atoms with van der Waals surface area (Å²) in [6.45, 7) is 0.866. The minimum Gasteiger partial charge on any atom is -0.339 e. The van der Waals surface area contributed by atoms with Gasteiger partial charge in [0.2, 0.25) is 5.91 Å². The molecule has 0 saturated carbocycles. The Hall–Kier alpha value is -3.04. The molecule has 0 spiro atoms. The zero-order chi connectivity index (χ0) is 29.6. The Bertz CT molecular complexity index is 1460. The number of benzene rings is 2. The van der Waals surface area contributed by atoms with Crippen LogP contribution in [0.3, 0.4) is 0 Å². The first-order valence-corrected chi connectivity index (χ1v) is 15.1. The lowest BCUT2D eigenvalue weighted by molar-refractivity contribution is -0.183. The van der Waals surface area contributed by atoms with Crippen LogP contribution in [0.25, 0.3) is 11.1 Å². The van der Waals surface area contributed by atoms with Gasteiger partial charge in [-0.3, -0.25) is 14.7 Å². The molecule has 3 aromatic rings. The minimum absolute atomic E-state index is 0.0555. The van der Waals surface area contributed by atoms with Gasteiger partial charge in [0.1, 0.15) is 0 Å². The van der Waals surface area contributed by atoms with Gasteiger partial charge in [-0.05, 0) is 85.9 Å². The van der Waals surface area contributed by atoms with Gasteiger partial charge in [0.25, 0.3) is 5.91 Å². The number of carbonyl (C=O) groups excluding carboxylic acids is 2. The van der Waals surface area contributed by atoms with E-state index in [-0.39, 0.29) is 49.7 Å². The third kappa shape index (κ3) is 5.65. The van der Waals surface area contributed by atoms with Crippen LogP contribution in [0.2, 0.25) is 10.0 Å². The van der Waals surface area contributed by atoms with Crippen LogP contribution in [-0.2, 0) is 17.6 Å². The van der Waals surface area contributed by atoms with Crippen LogP contribution in [0.1, 0.15) is 65.3 Å². The maximum Gasteiger partial charge on any atom is 0.391 e. The third-order valence-electron chi connectivity index (χ3n) is 9.04. The number of hydrogen-bond donors (Lipinski definition) is 1. The summed E-state index contributed by atoms with van der Waals surface area (Å²) in [5, 5.41) is 8.21. The summed E-state index contributed by atoms with van der Waals surface area (Å²) in [5.74, 6) is -1.71. The Morgan fingerprint density at radius 1 is 0.976 bits per heavy atom. The topological polar surface area (TPSA) is 69.3 Å². The summed E-state index contributed by atoms with van der Waals surface area (Å²) in [4.78, 5) is 29.8. The van der Waals surface area contributed by atoms with Gasteiger partial charge in [-0.1, -0.05) is 35.3 Å². The van der Waals surface area contributed by atoms with E-state index in [0.29, 0.717) is 28.6 Å². The van der Waals surface area contributed by atoms with E-state index in [9.17, 15) is 22.8 Å². The fraction of sp³-hybridized carbons (Fsp3) is 0.452. The van der Waals surface area contributed by atoms with Gasteiger partial charge >= 0.3 is 6.18 Å². The van der Waals surface area contributed by atoms with Crippen molar-refractivity contribution < 1.29 is 22.8 Å². The van der Waals surface area contributed by atoms with E-state index in [4.69, 9.17) is 23.2 Å².